The zero-order valence-corrected chi connectivity index (χ0v) is 12.1. The summed E-state index contributed by atoms with van der Waals surface area (Å²) in [5.41, 5.74) is 0. The molecule has 0 spiro atoms. The number of amides is 2. The van der Waals surface area contributed by atoms with Gasteiger partial charge in [0.25, 0.3) is 0 Å². The highest BCUT2D eigenvalue weighted by molar-refractivity contribution is 8.14. The fraction of sp³-hybridized carbons (Fsp3) is 0.700. The molecule has 1 saturated heterocycles. The number of carbonyl (C=O) groups excluding carboxylic acids is 2. The minimum atomic E-state index is -3.08. The smallest absolute Gasteiger partial charge is 0.315 e. The molecule has 2 heterocycles. The molecule has 0 aromatic carbocycles. The normalized spacial score (nSPS) is 24.9. The fourth-order valence-corrected chi connectivity index (χ4v) is 4.47. The minimum Gasteiger partial charge on any atom is -0.333 e. The van der Waals surface area contributed by atoms with Gasteiger partial charge >= 0.3 is 11.8 Å². The molecule has 0 saturated carbocycles. The number of sulfone groups is 1. The van der Waals surface area contributed by atoms with E-state index in [9.17, 15) is 18.0 Å². The van der Waals surface area contributed by atoms with Gasteiger partial charge in [-0.1, -0.05) is 11.8 Å². The molecule has 1 atom stereocenters. The maximum absolute atomic E-state index is 11.9. The van der Waals surface area contributed by atoms with E-state index in [2.05, 4.69) is 10.3 Å². The number of nitrogens with zero attached hydrogens (tertiary/aromatic N) is 2. The number of hydrogen-bond donors (Lipinski definition) is 1. The first kappa shape index (κ1) is 14.3. The Balaban J connectivity index is 1.93. The lowest BCUT2D eigenvalue weighted by Crippen LogP contribution is -2.47. The number of nitrogens with one attached hydrogen (secondary N) is 1. The first-order valence-corrected chi connectivity index (χ1v) is 8.65. The summed E-state index contributed by atoms with van der Waals surface area (Å²) in [6.45, 7) is 0.630. The van der Waals surface area contributed by atoms with Gasteiger partial charge in [0, 0.05) is 18.8 Å². The van der Waals surface area contributed by atoms with Crippen molar-refractivity contribution in [3.05, 3.63) is 0 Å². The van der Waals surface area contributed by atoms with Gasteiger partial charge in [0.2, 0.25) is 0 Å². The number of rotatable bonds is 1. The predicted molar refractivity (Wildman–Crippen MR) is 72.7 cm³/mol. The van der Waals surface area contributed by atoms with Crippen LogP contribution in [-0.4, -0.2) is 67.2 Å². The Bertz CT molecular complexity index is 529. The summed E-state index contributed by atoms with van der Waals surface area (Å²) in [5.74, 6) is -0.699. The van der Waals surface area contributed by atoms with Crippen molar-refractivity contribution < 1.29 is 18.0 Å². The second kappa shape index (κ2) is 5.49. The van der Waals surface area contributed by atoms with Crippen molar-refractivity contribution >= 4 is 38.6 Å². The van der Waals surface area contributed by atoms with Gasteiger partial charge in [-0.3, -0.25) is 19.9 Å². The van der Waals surface area contributed by atoms with Gasteiger partial charge in [-0.15, -0.1) is 0 Å². The van der Waals surface area contributed by atoms with Crippen LogP contribution < -0.4 is 5.32 Å². The Labute approximate surface area is 115 Å². The molecule has 106 valence electrons. The molecule has 2 aliphatic heterocycles. The van der Waals surface area contributed by atoms with Crippen LogP contribution in [0.15, 0.2) is 4.99 Å². The Kier molecular flexibility index (Phi) is 4.14. The second-order valence-electron chi connectivity index (χ2n) is 4.46. The number of thioether (sulfide) groups is 1. The average Bonchev–Trinajstić information content (AvgIpc) is 2.96. The fourth-order valence-electron chi connectivity index (χ4n) is 1.97. The summed E-state index contributed by atoms with van der Waals surface area (Å²) >= 11 is 1.38. The zero-order chi connectivity index (χ0) is 14.0. The molecule has 0 aromatic rings. The van der Waals surface area contributed by atoms with Crippen molar-refractivity contribution in [2.45, 2.75) is 12.5 Å². The van der Waals surface area contributed by atoms with Crippen molar-refractivity contribution in [1.29, 1.82) is 0 Å². The number of hydrogen-bond acceptors (Lipinski definition) is 6. The standard InChI is InChI=1S/C10H15N3O4S2/c1-13(7-2-5-19(16,17)6-7)9(15)8(14)12-10-11-3-4-18-10/h7H,2-6H2,1H3,(H,11,12,14). The summed E-state index contributed by atoms with van der Waals surface area (Å²) in [5, 5.41) is 2.89. The van der Waals surface area contributed by atoms with E-state index in [0.717, 1.165) is 5.75 Å². The van der Waals surface area contributed by atoms with E-state index >= 15 is 0 Å². The van der Waals surface area contributed by atoms with Crippen LogP contribution in [0, 0.1) is 0 Å². The van der Waals surface area contributed by atoms with Crippen molar-refractivity contribution in [3.63, 3.8) is 0 Å². The van der Waals surface area contributed by atoms with E-state index in [1.165, 1.54) is 23.7 Å². The first-order valence-electron chi connectivity index (χ1n) is 5.85. The van der Waals surface area contributed by atoms with E-state index in [4.69, 9.17) is 0 Å². The highest BCUT2D eigenvalue weighted by atomic mass is 32.2. The van der Waals surface area contributed by atoms with Gasteiger partial charge in [0.15, 0.2) is 15.0 Å². The van der Waals surface area contributed by atoms with Crippen molar-refractivity contribution in [2.75, 3.05) is 30.9 Å². The van der Waals surface area contributed by atoms with E-state index in [1.807, 2.05) is 0 Å². The molecule has 9 heteroatoms. The van der Waals surface area contributed by atoms with Gasteiger partial charge in [0.1, 0.15) is 0 Å². The second-order valence-corrected chi connectivity index (χ2v) is 7.77. The molecule has 0 radical (unpaired) electrons. The van der Waals surface area contributed by atoms with E-state index in [0.29, 0.717) is 18.1 Å². The van der Waals surface area contributed by atoms with Crippen LogP contribution in [0.5, 0.6) is 0 Å². The molecule has 1 N–H and O–H groups in total. The van der Waals surface area contributed by atoms with Gasteiger partial charge < -0.3 is 4.90 Å². The third-order valence-corrected chi connectivity index (χ3v) is 5.72. The van der Waals surface area contributed by atoms with Crippen LogP contribution in [-0.2, 0) is 19.4 Å². The molecule has 0 aliphatic carbocycles. The third kappa shape index (κ3) is 3.47. The maximum atomic E-state index is 11.9. The number of carbonyl (C=O) groups is 2. The summed E-state index contributed by atoms with van der Waals surface area (Å²) in [6.07, 6.45) is 0.382. The van der Waals surface area contributed by atoms with Crippen LogP contribution in [0.2, 0.25) is 0 Å². The van der Waals surface area contributed by atoms with Gasteiger partial charge in [-0.05, 0) is 6.42 Å². The minimum absolute atomic E-state index is 0.0689. The number of amidine groups is 1. The van der Waals surface area contributed by atoms with Gasteiger partial charge in [-0.25, -0.2) is 8.42 Å². The lowest BCUT2D eigenvalue weighted by atomic mass is 10.2. The van der Waals surface area contributed by atoms with Crippen LogP contribution >= 0.6 is 11.8 Å². The highest BCUT2D eigenvalue weighted by Gasteiger charge is 2.35. The molecule has 7 nitrogen and oxygen atoms in total. The highest BCUT2D eigenvalue weighted by Crippen LogP contribution is 2.16. The Morgan fingerprint density at radius 2 is 2.21 bits per heavy atom. The Morgan fingerprint density at radius 3 is 2.74 bits per heavy atom. The molecular weight excluding hydrogens is 290 g/mol. The molecule has 19 heavy (non-hydrogen) atoms. The van der Waals surface area contributed by atoms with Crippen LogP contribution in [0.4, 0.5) is 0 Å². The first-order chi connectivity index (χ1) is 8.89. The summed E-state index contributed by atoms with van der Waals surface area (Å²) in [7, 11) is -1.62. The van der Waals surface area contributed by atoms with E-state index in [1.54, 1.807) is 0 Å². The molecule has 1 fully saturated rings. The van der Waals surface area contributed by atoms with Crippen LogP contribution in [0.1, 0.15) is 6.42 Å². The van der Waals surface area contributed by atoms with E-state index < -0.39 is 27.7 Å². The molecule has 2 aliphatic rings. The SMILES string of the molecule is CN(C(=O)C(=O)NC1=NCCS1)C1CCS(=O)(=O)C1. The van der Waals surface area contributed by atoms with Gasteiger partial charge in [-0.2, -0.15) is 0 Å². The summed E-state index contributed by atoms with van der Waals surface area (Å²) in [6, 6.07) is -0.415. The largest absolute Gasteiger partial charge is 0.333 e. The van der Waals surface area contributed by atoms with Crippen molar-refractivity contribution in [1.82, 2.24) is 10.2 Å². The predicted octanol–water partition coefficient (Wildman–Crippen LogP) is -1.15. The lowest BCUT2D eigenvalue weighted by Gasteiger charge is -2.22. The molecule has 2 amide bonds. The van der Waals surface area contributed by atoms with Crippen LogP contribution in [0.25, 0.3) is 0 Å². The number of aliphatic imine (C=N–C) groups is 1. The summed E-state index contributed by atoms with van der Waals surface area (Å²) in [4.78, 5) is 28.8. The topological polar surface area (TPSA) is 95.9 Å². The zero-order valence-electron chi connectivity index (χ0n) is 10.5. The van der Waals surface area contributed by atoms with Gasteiger partial charge in [0.05, 0.1) is 18.1 Å². The monoisotopic (exact) mass is 305 g/mol. The van der Waals surface area contributed by atoms with Crippen molar-refractivity contribution in [3.8, 4) is 0 Å². The Hall–Kier alpha value is -1.09. The summed E-state index contributed by atoms with van der Waals surface area (Å²) < 4.78 is 22.7. The van der Waals surface area contributed by atoms with Crippen LogP contribution in [0.3, 0.4) is 0 Å². The maximum Gasteiger partial charge on any atom is 0.315 e. The third-order valence-electron chi connectivity index (χ3n) is 3.08. The lowest BCUT2D eigenvalue weighted by molar-refractivity contribution is -0.145. The molecule has 0 aromatic heterocycles. The Morgan fingerprint density at radius 1 is 1.47 bits per heavy atom. The quantitative estimate of drug-likeness (QED) is 0.617. The molecule has 0 bridgehead atoms. The van der Waals surface area contributed by atoms with Crippen molar-refractivity contribution in [2.24, 2.45) is 4.99 Å². The van der Waals surface area contributed by atoms with E-state index in [-0.39, 0.29) is 11.5 Å². The molecular formula is C10H15N3O4S2. The average molecular weight is 305 g/mol. The molecule has 2 rings (SSSR count). The number of likely N-dealkylation sites (N-methyl/N-ethyl adjacent to an activating group) is 1. The molecule has 1 unspecified atom stereocenters.